The van der Waals surface area contributed by atoms with E-state index in [0.29, 0.717) is 11.0 Å². The quantitative estimate of drug-likeness (QED) is 0.654. The Kier molecular flexibility index (Phi) is 2.71. The molecule has 0 unspecified atom stereocenters. The third-order valence-electron chi connectivity index (χ3n) is 1.25. The van der Waals surface area contributed by atoms with Gasteiger partial charge in [-0.25, -0.2) is 0 Å². The molecule has 0 aliphatic heterocycles. The van der Waals surface area contributed by atoms with Crippen molar-refractivity contribution in [1.82, 2.24) is 10.2 Å². The number of nitrogens with two attached hydrogens (primary N) is 1. The molecule has 1 rings (SSSR count). The van der Waals surface area contributed by atoms with Crippen molar-refractivity contribution in [3.8, 4) is 0 Å². The minimum Gasteiger partial charge on any atom is -0.383 e. The first kappa shape index (κ1) is 8.33. The van der Waals surface area contributed by atoms with Gasteiger partial charge in [0.2, 0.25) is 0 Å². The molecule has 1 aromatic heterocycles. The molecule has 3 nitrogen and oxygen atoms in total. The van der Waals surface area contributed by atoms with Gasteiger partial charge in [0.15, 0.2) is 12.4 Å². The number of nitrogen functional groups attached to an aromatic ring is 1. The highest BCUT2D eigenvalue weighted by Crippen LogP contribution is 2.00. The fourth-order valence-electron chi connectivity index (χ4n) is 0.774. The molecule has 0 saturated heterocycles. The highest BCUT2D eigenvalue weighted by Gasteiger charge is 2.01. The normalized spacial score (nSPS) is 9.64. The van der Waals surface area contributed by atoms with Gasteiger partial charge in [-0.15, -0.1) is 10.2 Å². The van der Waals surface area contributed by atoms with E-state index in [4.69, 9.17) is 17.3 Å². The minimum absolute atomic E-state index is 0.374. The van der Waals surface area contributed by atoms with Crippen LogP contribution in [-0.2, 0) is 0 Å². The van der Waals surface area contributed by atoms with Gasteiger partial charge in [0.1, 0.15) is 5.82 Å². The van der Waals surface area contributed by atoms with E-state index in [1.54, 1.807) is 6.07 Å². The molecule has 0 aliphatic carbocycles. The summed E-state index contributed by atoms with van der Waals surface area (Å²) in [4.78, 5) is 0. The summed E-state index contributed by atoms with van der Waals surface area (Å²) >= 11 is 5.60. The van der Waals surface area contributed by atoms with E-state index in [-0.39, 0.29) is 0 Å². The van der Waals surface area contributed by atoms with Crippen LogP contribution in [0.15, 0.2) is 6.07 Å². The summed E-state index contributed by atoms with van der Waals surface area (Å²) in [6, 6.07) is 1.70. The molecule has 1 aromatic rings. The number of nitrogens with zero attached hydrogens (tertiary/aromatic N) is 2. The van der Waals surface area contributed by atoms with Gasteiger partial charge in [-0.1, -0.05) is 24.8 Å². The number of hydrogen-bond acceptors (Lipinski definition) is 3. The topological polar surface area (TPSA) is 51.8 Å². The summed E-state index contributed by atoms with van der Waals surface area (Å²) in [5, 5.41) is 7.63. The van der Waals surface area contributed by atoms with Crippen molar-refractivity contribution >= 4 is 30.2 Å². The SMILES string of the molecule is CC[B]c1cc(Cl)nnc1N. The van der Waals surface area contributed by atoms with E-state index in [1.807, 2.05) is 14.2 Å². The van der Waals surface area contributed by atoms with E-state index >= 15 is 0 Å². The van der Waals surface area contributed by atoms with Crippen molar-refractivity contribution in [3.05, 3.63) is 11.2 Å². The lowest BCUT2D eigenvalue weighted by Crippen LogP contribution is -2.20. The minimum atomic E-state index is 0.374. The highest BCUT2D eigenvalue weighted by atomic mass is 35.5. The second-order valence-corrected chi connectivity index (χ2v) is 2.51. The third-order valence-corrected chi connectivity index (χ3v) is 1.43. The Morgan fingerprint density at radius 3 is 3.00 bits per heavy atom. The van der Waals surface area contributed by atoms with Crippen LogP contribution in [0, 0.1) is 0 Å². The van der Waals surface area contributed by atoms with Gasteiger partial charge in [-0.3, -0.25) is 0 Å². The predicted molar refractivity (Wildman–Crippen MR) is 47.3 cm³/mol. The van der Waals surface area contributed by atoms with Crippen molar-refractivity contribution in [3.63, 3.8) is 0 Å². The highest BCUT2D eigenvalue weighted by molar-refractivity contribution is 6.55. The van der Waals surface area contributed by atoms with Crippen LogP contribution < -0.4 is 11.2 Å². The van der Waals surface area contributed by atoms with Crippen LogP contribution in [0.4, 0.5) is 5.82 Å². The van der Waals surface area contributed by atoms with E-state index in [9.17, 15) is 0 Å². The van der Waals surface area contributed by atoms with Gasteiger partial charge in [0.25, 0.3) is 0 Å². The Hall–Kier alpha value is -0.765. The molecular weight excluding hydrogens is 160 g/mol. The maximum Gasteiger partial charge on any atom is 0.156 e. The fraction of sp³-hybridized carbons (Fsp3) is 0.333. The molecule has 0 amide bonds. The van der Waals surface area contributed by atoms with Crippen LogP contribution in [0.1, 0.15) is 6.92 Å². The Balaban J connectivity index is 2.93. The molecule has 0 aromatic carbocycles. The number of hydrogen-bond donors (Lipinski definition) is 1. The van der Waals surface area contributed by atoms with Crippen molar-refractivity contribution in [1.29, 1.82) is 0 Å². The number of halogens is 1. The Morgan fingerprint density at radius 1 is 1.64 bits per heavy atom. The van der Waals surface area contributed by atoms with E-state index in [1.165, 1.54) is 0 Å². The first-order valence-electron chi connectivity index (χ1n) is 3.36. The van der Waals surface area contributed by atoms with Crippen LogP contribution in [-0.4, -0.2) is 17.5 Å². The largest absolute Gasteiger partial charge is 0.383 e. The van der Waals surface area contributed by atoms with Gasteiger partial charge >= 0.3 is 0 Å². The fourth-order valence-corrected chi connectivity index (χ4v) is 0.929. The van der Waals surface area contributed by atoms with Crippen molar-refractivity contribution in [2.75, 3.05) is 5.73 Å². The van der Waals surface area contributed by atoms with Crippen molar-refractivity contribution in [2.45, 2.75) is 13.2 Å². The van der Waals surface area contributed by atoms with Crippen LogP contribution >= 0.6 is 11.6 Å². The molecule has 0 aliphatic rings. The van der Waals surface area contributed by atoms with Crippen LogP contribution in [0.3, 0.4) is 0 Å². The average molecular weight is 168 g/mol. The Labute approximate surface area is 71.2 Å². The number of rotatable bonds is 2. The molecule has 1 radical (unpaired) electrons. The van der Waals surface area contributed by atoms with Crippen LogP contribution in [0.2, 0.25) is 11.5 Å². The lowest BCUT2D eigenvalue weighted by Gasteiger charge is -1.99. The molecular formula is C6H8BClN3. The number of anilines is 1. The molecule has 0 bridgehead atoms. The van der Waals surface area contributed by atoms with Crippen molar-refractivity contribution < 1.29 is 0 Å². The average Bonchev–Trinajstić information content (AvgIpc) is 1.98. The van der Waals surface area contributed by atoms with Gasteiger partial charge in [-0.05, 0) is 11.5 Å². The van der Waals surface area contributed by atoms with Gasteiger partial charge < -0.3 is 5.73 Å². The molecule has 11 heavy (non-hydrogen) atoms. The van der Waals surface area contributed by atoms with E-state index < -0.39 is 0 Å². The van der Waals surface area contributed by atoms with Crippen LogP contribution in [0.25, 0.3) is 0 Å². The third kappa shape index (κ3) is 2.08. The summed E-state index contributed by atoms with van der Waals surface area (Å²) in [7, 11) is 1.95. The smallest absolute Gasteiger partial charge is 0.156 e. The summed E-state index contributed by atoms with van der Waals surface area (Å²) in [6.07, 6.45) is 0.909. The lowest BCUT2D eigenvalue weighted by atomic mass is 9.68. The molecule has 0 saturated carbocycles. The van der Waals surface area contributed by atoms with E-state index in [0.717, 1.165) is 11.8 Å². The van der Waals surface area contributed by atoms with Gasteiger partial charge in [0.05, 0.1) is 0 Å². The molecule has 0 fully saturated rings. The van der Waals surface area contributed by atoms with Gasteiger partial charge in [0, 0.05) is 0 Å². The number of aromatic nitrogens is 2. The zero-order valence-electron chi connectivity index (χ0n) is 6.21. The van der Waals surface area contributed by atoms with Crippen LogP contribution in [0.5, 0.6) is 0 Å². The summed E-state index contributed by atoms with van der Waals surface area (Å²) in [5.41, 5.74) is 6.37. The van der Waals surface area contributed by atoms with Gasteiger partial charge in [-0.2, -0.15) is 0 Å². The molecule has 5 heteroatoms. The summed E-state index contributed by atoms with van der Waals surface area (Å²) in [6.45, 7) is 2.02. The Morgan fingerprint density at radius 2 is 2.36 bits per heavy atom. The van der Waals surface area contributed by atoms with E-state index in [2.05, 4.69) is 10.2 Å². The zero-order valence-corrected chi connectivity index (χ0v) is 6.97. The molecule has 0 spiro atoms. The summed E-state index contributed by atoms with van der Waals surface area (Å²) in [5.74, 6) is 0.427. The zero-order chi connectivity index (χ0) is 8.27. The maximum atomic E-state index is 5.60. The molecule has 0 atom stereocenters. The second kappa shape index (κ2) is 3.58. The standard InChI is InChI=1S/C6H8BClN3/c1-2-7-4-3-5(8)10-11-6(4)9/h3H,2H2,1H3,(H2,9,11). The lowest BCUT2D eigenvalue weighted by molar-refractivity contribution is 1.05. The maximum absolute atomic E-state index is 5.60. The summed E-state index contributed by atoms with van der Waals surface area (Å²) < 4.78 is 0. The molecule has 2 N–H and O–H groups in total. The first-order valence-corrected chi connectivity index (χ1v) is 3.73. The first-order chi connectivity index (χ1) is 5.24. The second-order valence-electron chi connectivity index (χ2n) is 2.12. The van der Waals surface area contributed by atoms with Crippen molar-refractivity contribution in [2.24, 2.45) is 0 Å². The monoisotopic (exact) mass is 168 g/mol. The molecule has 57 valence electrons. The Bertz CT molecular complexity index is 254. The molecule has 1 heterocycles. The predicted octanol–water partition coefficient (Wildman–Crippen LogP) is 0.480.